The highest BCUT2D eigenvalue weighted by Gasteiger charge is 2.21. The average Bonchev–Trinajstić information content (AvgIpc) is 2.36. The van der Waals surface area contributed by atoms with E-state index in [1.165, 1.54) is 19.1 Å². The van der Waals surface area contributed by atoms with Gasteiger partial charge in [0.25, 0.3) is 0 Å². The van der Waals surface area contributed by atoms with Crippen LogP contribution in [0, 0.1) is 17.7 Å². The number of primary amides is 1. The van der Waals surface area contributed by atoms with E-state index in [0.717, 1.165) is 6.07 Å². The molecule has 5 N–H and O–H groups in total. The van der Waals surface area contributed by atoms with Gasteiger partial charge in [0.2, 0.25) is 15.9 Å². The smallest absolute Gasteiger partial charge is 0.241 e. The van der Waals surface area contributed by atoms with Gasteiger partial charge in [-0.2, -0.15) is 4.72 Å². The van der Waals surface area contributed by atoms with Gasteiger partial charge in [-0.3, -0.25) is 4.79 Å². The molecule has 0 radical (unpaired) electrons. The van der Waals surface area contributed by atoms with Gasteiger partial charge in [-0.1, -0.05) is 11.8 Å². The number of benzene rings is 1. The number of sulfonamides is 1. The Bertz CT molecular complexity index is 677. The first-order valence-corrected chi connectivity index (χ1v) is 7.06. The van der Waals surface area contributed by atoms with Gasteiger partial charge in [-0.25, -0.2) is 12.8 Å². The molecule has 0 saturated carbocycles. The SMILES string of the molecule is CC(NS(=O)(=O)c1ccc(C#CCN)c(F)c1)C(N)=O. The van der Waals surface area contributed by atoms with Crippen LogP contribution in [0.2, 0.25) is 0 Å². The Hall–Kier alpha value is -1.95. The Morgan fingerprint density at radius 3 is 2.65 bits per heavy atom. The summed E-state index contributed by atoms with van der Waals surface area (Å²) < 4.78 is 39.5. The zero-order valence-electron chi connectivity index (χ0n) is 10.7. The van der Waals surface area contributed by atoms with E-state index < -0.39 is 27.8 Å². The molecular formula is C12H14FN3O3S. The molecule has 1 rings (SSSR count). The summed E-state index contributed by atoms with van der Waals surface area (Å²) in [6.45, 7) is 1.36. The predicted molar refractivity (Wildman–Crippen MR) is 71.3 cm³/mol. The maximum Gasteiger partial charge on any atom is 0.241 e. The monoisotopic (exact) mass is 299 g/mol. The molecule has 1 unspecified atom stereocenters. The van der Waals surface area contributed by atoms with Crippen molar-refractivity contribution in [2.75, 3.05) is 6.54 Å². The number of rotatable bonds is 4. The lowest BCUT2D eigenvalue weighted by Crippen LogP contribution is -2.42. The standard InChI is InChI=1S/C12H14FN3O3S/c1-8(12(15)17)16-20(18,19)10-5-4-9(3-2-6-14)11(13)7-10/h4-5,7-8,16H,6,14H2,1H3,(H2,15,17). The number of carbonyl (C=O) groups is 1. The number of amides is 1. The van der Waals surface area contributed by atoms with Gasteiger partial charge in [-0.15, -0.1) is 0 Å². The lowest BCUT2D eigenvalue weighted by atomic mass is 10.2. The van der Waals surface area contributed by atoms with Crippen LogP contribution in [-0.4, -0.2) is 26.9 Å². The fourth-order valence-corrected chi connectivity index (χ4v) is 2.49. The molecule has 108 valence electrons. The highest BCUT2D eigenvalue weighted by atomic mass is 32.2. The van der Waals surface area contributed by atoms with E-state index in [2.05, 4.69) is 11.8 Å². The fraction of sp³-hybridized carbons (Fsp3) is 0.250. The van der Waals surface area contributed by atoms with Crippen LogP contribution in [0.15, 0.2) is 23.1 Å². The topological polar surface area (TPSA) is 115 Å². The van der Waals surface area contributed by atoms with Crippen molar-refractivity contribution in [3.63, 3.8) is 0 Å². The molecular weight excluding hydrogens is 285 g/mol. The third-order valence-electron chi connectivity index (χ3n) is 2.33. The zero-order valence-corrected chi connectivity index (χ0v) is 11.5. The second-order valence-electron chi connectivity index (χ2n) is 3.89. The Morgan fingerprint density at radius 1 is 1.50 bits per heavy atom. The summed E-state index contributed by atoms with van der Waals surface area (Å²) in [4.78, 5) is 10.5. The molecule has 20 heavy (non-hydrogen) atoms. The summed E-state index contributed by atoms with van der Waals surface area (Å²) in [5, 5.41) is 0. The van der Waals surface area contributed by atoms with Crippen molar-refractivity contribution >= 4 is 15.9 Å². The normalized spacial score (nSPS) is 12.3. The maximum atomic E-state index is 13.7. The van der Waals surface area contributed by atoms with Gasteiger partial charge < -0.3 is 11.5 Å². The lowest BCUT2D eigenvalue weighted by molar-refractivity contribution is -0.119. The minimum Gasteiger partial charge on any atom is -0.368 e. The quantitative estimate of drug-likeness (QED) is 0.637. The fourth-order valence-electron chi connectivity index (χ4n) is 1.27. The highest BCUT2D eigenvalue weighted by molar-refractivity contribution is 7.89. The molecule has 1 amide bonds. The Balaban J connectivity index is 3.09. The van der Waals surface area contributed by atoms with Crippen molar-refractivity contribution < 1.29 is 17.6 Å². The zero-order chi connectivity index (χ0) is 15.3. The number of hydrogen-bond acceptors (Lipinski definition) is 4. The third kappa shape index (κ3) is 4.03. The van der Waals surface area contributed by atoms with Crippen LogP contribution in [0.4, 0.5) is 4.39 Å². The van der Waals surface area contributed by atoms with Crippen molar-refractivity contribution in [1.29, 1.82) is 0 Å². The molecule has 0 aliphatic carbocycles. The Kier molecular flexibility index (Phi) is 5.21. The molecule has 0 bridgehead atoms. The van der Waals surface area contributed by atoms with E-state index in [1.807, 2.05) is 4.72 Å². The summed E-state index contributed by atoms with van der Waals surface area (Å²) in [5.74, 6) is 3.31. The summed E-state index contributed by atoms with van der Waals surface area (Å²) in [7, 11) is -4.03. The molecule has 0 aliphatic rings. The first kappa shape index (κ1) is 16.1. The first-order valence-electron chi connectivity index (χ1n) is 5.58. The number of nitrogens with two attached hydrogens (primary N) is 2. The predicted octanol–water partition coefficient (Wildman–Crippen LogP) is -0.712. The van der Waals surface area contributed by atoms with E-state index in [1.54, 1.807) is 0 Å². The summed E-state index contributed by atoms with van der Waals surface area (Å²) >= 11 is 0. The minimum absolute atomic E-state index is 0.0392. The van der Waals surface area contributed by atoms with E-state index >= 15 is 0 Å². The maximum absolute atomic E-state index is 13.7. The van der Waals surface area contributed by atoms with E-state index in [0.29, 0.717) is 0 Å². The molecule has 0 fully saturated rings. The Labute approximate surface area is 116 Å². The van der Waals surface area contributed by atoms with Gasteiger partial charge in [0.1, 0.15) is 5.82 Å². The van der Waals surface area contributed by atoms with Crippen LogP contribution in [-0.2, 0) is 14.8 Å². The number of halogens is 1. The molecule has 0 spiro atoms. The van der Waals surface area contributed by atoms with Crippen molar-refractivity contribution in [3.8, 4) is 11.8 Å². The summed E-state index contributed by atoms with van der Waals surface area (Å²) in [6.07, 6.45) is 0. The van der Waals surface area contributed by atoms with Crippen molar-refractivity contribution in [3.05, 3.63) is 29.6 Å². The van der Waals surface area contributed by atoms with Crippen LogP contribution in [0.5, 0.6) is 0 Å². The second kappa shape index (κ2) is 6.47. The van der Waals surface area contributed by atoms with Crippen molar-refractivity contribution in [2.45, 2.75) is 17.9 Å². The average molecular weight is 299 g/mol. The molecule has 0 heterocycles. The van der Waals surface area contributed by atoms with Gasteiger partial charge in [0.05, 0.1) is 23.0 Å². The molecule has 1 atom stereocenters. The molecule has 0 aliphatic heterocycles. The van der Waals surface area contributed by atoms with Gasteiger partial charge >= 0.3 is 0 Å². The third-order valence-corrected chi connectivity index (χ3v) is 3.87. The van der Waals surface area contributed by atoms with E-state index in [4.69, 9.17) is 11.5 Å². The van der Waals surface area contributed by atoms with Crippen LogP contribution < -0.4 is 16.2 Å². The molecule has 1 aromatic carbocycles. The first-order chi connectivity index (χ1) is 9.27. The largest absolute Gasteiger partial charge is 0.368 e. The van der Waals surface area contributed by atoms with Crippen molar-refractivity contribution in [2.24, 2.45) is 11.5 Å². The number of nitrogens with one attached hydrogen (secondary N) is 1. The molecule has 0 aromatic heterocycles. The van der Waals surface area contributed by atoms with Gasteiger partial charge in [-0.05, 0) is 25.1 Å². The highest BCUT2D eigenvalue weighted by Crippen LogP contribution is 2.14. The minimum atomic E-state index is -4.03. The summed E-state index contributed by atoms with van der Waals surface area (Å²) in [5.41, 5.74) is 10.2. The van der Waals surface area contributed by atoms with E-state index in [9.17, 15) is 17.6 Å². The van der Waals surface area contributed by atoms with Crippen LogP contribution >= 0.6 is 0 Å². The number of hydrogen-bond donors (Lipinski definition) is 3. The summed E-state index contributed by atoms with van der Waals surface area (Å²) in [6, 6.07) is 2.12. The second-order valence-corrected chi connectivity index (χ2v) is 5.61. The Morgan fingerprint density at radius 2 is 2.15 bits per heavy atom. The number of carbonyl (C=O) groups excluding carboxylic acids is 1. The molecule has 0 saturated heterocycles. The lowest BCUT2D eigenvalue weighted by Gasteiger charge is -2.11. The molecule has 8 heteroatoms. The van der Waals surface area contributed by atoms with Crippen molar-refractivity contribution in [1.82, 2.24) is 4.72 Å². The van der Waals surface area contributed by atoms with E-state index in [-0.39, 0.29) is 17.0 Å². The molecule has 1 aromatic rings. The molecule has 6 nitrogen and oxygen atoms in total. The van der Waals surface area contributed by atoms with Crippen LogP contribution in [0.25, 0.3) is 0 Å². The van der Waals surface area contributed by atoms with Gasteiger partial charge in [0.15, 0.2) is 0 Å². The van der Waals surface area contributed by atoms with Crippen LogP contribution in [0.1, 0.15) is 12.5 Å². The van der Waals surface area contributed by atoms with Crippen LogP contribution in [0.3, 0.4) is 0 Å². The van der Waals surface area contributed by atoms with Gasteiger partial charge in [0, 0.05) is 0 Å².